The summed E-state index contributed by atoms with van der Waals surface area (Å²) < 4.78 is 2.33. The van der Waals surface area contributed by atoms with Crippen molar-refractivity contribution in [1.82, 2.24) is 14.8 Å². The molecule has 1 N–H and O–H groups in total. The van der Waals surface area contributed by atoms with Crippen LogP contribution in [0.4, 0.5) is 0 Å². The molecule has 0 amide bonds. The predicted molar refractivity (Wildman–Crippen MR) is 56.4 cm³/mol. The number of thiophene rings is 1. The van der Waals surface area contributed by atoms with E-state index in [0.29, 0.717) is 4.77 Å². The second-order valence-electron chi connectivity index (χ2n) is 2.85. The second-order valence-corrected chi connectivity index (χ2v) is 4.13. The lowest BCUT2D eigenvalue weighted by molar-refractivity contribution is 0.756. The van der Waals surface area contributed by atoms with Gasteiger partial charge in [-0.15, -0.1) is 11.3 Å². The van der Waals surface area contributed by atoms with Crippen molar-refractivity contribution >= 4 is 23.6 Å². The largest absolute Gasteiger partial charge is 0.279 e. The van der Waals surface area contributed by atoms with Crippen molar-refractivity contribution < 1.29 is 0 Å². The summed E-state index contributed by atoms with van der Waals surface area (Å²) in [5, 5.41) is 5.15. The number of rotatable bonds is 1. The third-order valence-electron chi connectivity index (χ3n) is 1.85. The van der Waals surface area contributed by atoms with Gasteiger partial charge in [-0.25, -0.2) is 0 Å². The van der Waals surface area contributed by atoms with Crippen molar-refractivity contribution in [3.05, 3.63) is 21.8 Å². The van der Waals surface area contributed by atoms with Crippen LogP contribution in [-0.2, 0) is 7.05 Å². The first-order valence-corrected chi connectivity index (χ1v) is 5.15. The average molecular weight is 211 g/mol. The Balaban J connectivity index is 2.59. The molecule has 2 rings (SSSR count). The highest BCUT2D eigenvalue weighted by Crippen LogP contribution is 2.25. The third kappa shape index (κ3) is 1.45. The second kappa shape index (κ2) is 3.08. The summed E-state index contributed by atoms with van der Waals surface area (Å²) in [6, 6.07) is 2.07. The van der Waals surface area contributed by atoms with Crippen LogP contribution in [0.3, 0.4) is 0 Å². The maximum Gasteiger partial charge on any atom is 0.216 e. The van der Waals surface area contributed by atoms with Crippen LogP contribution in [0.15, 0.2) is 11.4 Å². The lowest BCUT2D eigenvalue weighted by atomic mass is 10.3. The summed E-state index contributed by atoms with van der Waals surface area (Å²) in [5.41, 5.74) is 1.23. The molecule has 3 nitrogen and oxygen atoms in total. The van der Waals surface area contributed by atoms with E-state index >= 15 is 0 Å². The van der Waals surface area contributed by atoms with E-state index in [1.54, 1.807) is 16.0 Å². The molecule has 0 aliphatic carbocycles. The molecule has 0 saturated carbocycles. The molecule has 68 valence electrons. The number of hydrogen-bond donors (Lipinski definition) is 1. The molecule has 0 atom stereocenters. The Hall–Kier alpha value is -0.940. The molecule has 0 aromatic carbocycles. The van der Waals surface area contributed by atoms with Crippen LogP contribution in [-0.4, -0.2) is 14.8 Å². The molecule has 5 heteroatoms. The molecule has 0 spiro atoms. The SMILES string of the molecule is Cc1ccsc1-c1nc(=S)n(C)[nH]1. The third-order valence-corrected chi connectivity index (χ3v) is 3.23. The summed E-state index contributed by atoms with van der Waals surface area (Å²) in [6.07, 6.45) is 0. The molecule has 2 aromatic heterocycles. The van der Waals surface area contributed by atoms with Crippen molar-refractivity contribution in [3.8, 4) is 10.7 Å². The summed E-state index contributed by atoms with van der Waals surface area (Å²) in [4.78, 5) is 5.41. The van der Waals surface area contributed by atoms with E-state index in [9.17, 15) is 0 Å². The van der Waals surface area contributed by atoms with Crippen molar-refractivity contribution in [2.24, 2.45) is 7.05 Å². The van der Waals surface area contributed by atoms with Gasteiger partial charge in [-0.1, -0.05) is 0 Å². The smallest absolute Gasteiger partial charge is 0.216 e. The van der Waals surface area contributed by atoms with Gasteiger partial charge in [0.1, 0.15) is 0 Å². The Kier molecular flexibility index (Phi) is 2.05. The van der Waals surface area contributed by atoms with E-state index in [1.165, 1.54) is 5.56 Å². The van der Waals surface area contributed by atoms with Crippen molar-refractivity contribution in [3.63, 3.8) is 0 Å². The molecular weight excluding hydrogens is 202 g/mol. The van der Waals surface area contributed by atoms with Crippen LogP contribution in [0, 0.1) is 11.7 Å². The fourth-order valence-electron chi connectivity index (χ4n) is 1.12. The summed E-state index contributed by atoms with van der Waals surface area (Å²) in [5.74, 6) is 0.861. The van der Waals surface area contributed by atoms with Gasteiger partial charge in [0.25, 0.3) is 0 Å². The van der Waals surface area contributed by atoms with Crippen LogP contribution >= 0.6 is 23.6 Å². The van der Waals surface area contributed by atoms with Crippen LogP contribution in [0.1, 0.15) is 5.56 Å². The number of hydrogen-bond acceptors (Lipinski definition) is 3. The maximum absolute atomic E-state index is 5.02. The Morgan fingerprint density at radius 3 is 2.85 bits per heavy atom. The number of nitrogens with one attached hydrogen (secondary N) is 1. The van der Waals surface area contributed by atoms with Gasteiger partial charge in [0, 0.05) is 7.05 Å². The first-order valence-electron chi connectivity index (χ1n) is 3.86. The fraction of sp³-hybridized carbons (Fsp3) is 0.250. The molecule has 0 aliphatic rings. The zero-order valence-corrected chi connectivity index (χ0v) is 9.00. The zero-order valence-electron chi connectivity index (χ0n) is 7.37. The molecule has 2 heterocycles. The Labute approximate surface area is 85.0 Å². The van der Waals surface area contributed by atoms with E-state index in [-0.39, 0.29) is 0 Å². The van der Waals surface area contributed by atoms with Crippen LogP contribution in [0.2, 0.25) is 0 Å². The quantitative estimate of drug-likeness (QED) is 0.735. The summed E-state index contributed by atoms with van der Waals surface area (Å²) in [6.45, 7) is 2.07. The van der Waals surface area contributed by atoms with E-state index in [4.69, 9.17) is 12.2 Å². The van der Waals surface area contributed by atoms with Gasteiger partial charge in [-0.3, -0.25) is 9.78 Å². The molecular formula is C8H9N3S2. The molecule has 0 unspecified atom stereocenters. The normalized spacial score (nSPS) is 10.6. The number of H-pyrrole nitrogens is 1. The lowest BCUT2D eigenvalue weighted by Gasteiger charge is -1.92. The highest BCUT2D eigenvalue weighted by atomic mass is 32.1. The number of aromatic nitrogens is 3. The minimum atomic E-state index is 0.586. The maximum atomic E-state index is 5.02. The minimum Gasteiger partial charge on any atom is -0.279 e. The number of aryl methyl sites for hydroxylation is 2. The zero-order chi connectivity index (χ0) is 9.42. The van der Waals surface area contributed by atoms with Crippen molar-refractivity contribution in [2.75, 3.05) is 0 Å². The van der Waals surface area contributed by atoms with Gasteiger partial charge < -0.3 is 0 Å². The number of aromatic amines is 1. The predicted octanol–water partition coefficient (Wildman–Crippen LogP) is 2.51. The summed E-state index contributed by atoms with van der Waals surface area (Å²) in [7, 11) is 1.86. The van der Waals surface area contributed by atoms with Crippen LogP contribution < -0.4 is 0 Å². The standard InChI is InChI=1S/C8H9N3S2/c1-5-3-4-13-6(5)7-9-8(12)11(2)10-7/h3-4H,1-2H3,(H,9,10,12). The minimum absolute atomic E-state index is 0.586. The number of nitrogens with zero attached hydrogens (tertiary/aromatic N) is 2. The topological polar surface area (TPSA) is 33.6 Å². The van der Waals surface area contributed by atoms with Gasteiger partial charge in [0.2, 0.25) is 4.77 Å². The Morgan fingerprint density at radius 1 is 1.62 bits per heavy atom. The first kappa shape index (κ1) is 8.65. The van der Waals surface area contributed by atoms with Crippen molar-refractivity contribution in [2.45, 2.75) is 6.92 Å². The molecule has 0 radical (unpaired) electrons. The molecule has 0 aliphatic heterocycles. The Morgan fingerprint density at radius 2 is 2.38 bits per heavy atom. The van der Waals surface area contributed by atoms with E-state index < -0.39 is 0 Å². The first-order chi connectivity index (χ1) is 6.18. The molecule has 0 fully saturated rings. The van der Waals surface area contributed by atoms with Gasteiger partial charge in [0.05, 0.1) is 4.88 Å². The highest BCUT2D eigenvalue weighted by molar-refractivity contribution is 7.71. The lowest BCUT2D eigenvalue weighted by Crippen LogP contribution is -1.89. The fourth-order valence-corrected chi connectivity index (χ4v) is 2.12. The monoisotopic (exact) mass is 211 g/mol. The van der Waals surface area contributed by atoms with Crippen LogP contribution in [0.25, 0.3) is 10.7 Å². The summed E-state index contributed by atoms with van der Waals surface area (Å²) >= 11 is 6.69. The van der Waals surface area contributed by atoms with Crippen LogP contribution in [0.5, 0.6) is 0 Å². The van der Waals surface area contributed by atoms with E-state index in [2.05, 4.69) is 28.5 Å². The van der Waals surface area contributed by atoms with Gasteiger partial charge in [-0.2, -0.15) is 4.98 Å². The van der Waals surface area contributed by atoms with E-state index in [0.717, 1.165) is 10.7 Å². The molecule has 13 heavy (non-hydrogen) atoms. The molecule has 2 aromatic rings. The molecule has 0 bridgehead atoms. The Bertz CT molecular complexity index is 478. The van der Waals surface area contributed by atoms with E-state index in [1.807, 2.05) is 7.05 Å². The van der Waals surface area contributed by atoms with Gasteiger partial charge in [-0.05, 0) is 36.2 Å². The van der Waals surface area contributed by atoms with Gasteiger partial charge >= 0.3 is 0 Å². The highest BCUT2D eigenvalue weighted by Gasteiger charge is 2.06. The average Bonchev–Trinajstić information content (AvgIpc) is 2.60. The molecule has 0 saturated heterocycles. The van der Waals surface area contributed by atoms with Crippen molar-refractivity contribution in [1.29, 1.82) is 0 Å². The van der Waals surface area contributed by atoms with Gasteiger partial charge in [0.15, 0.2) is 5.82 Å².